The standard InChI is InChI=1S/C20H19N3O2/c1-14-21-22-20(25-14)17-9-7-15(8-10-17)11-16-12-19(24)23(13-16)18-5-3-2-4-6-18/h2-10,16H,11-13H2,1H3/t16-/m0/s1. The van der Waals surface area contributed by atoms with E-state index in [9.17, 15) is 4.79 Å². The summed E-state index contributed by atoms with van der Waals surface area (Å²) < 4.78 is 5.45. The number of hydrogen-bond acceptors (Lipinski definition) is 4. The van der Waals surface area contributed by atoms with Gasteiger partial charge in [-0.15, -0.1) is 10.2 Å². The molecule has 2 aromatic carbocycles. The van der Waals surface area contributed by atoms with Crippen molar-refractivity contribution in [2.45, 2.75) is 19.8 Å². The molecule has 126 valence electrons. The number of aromatic nitrogens is 2. The van der Waals surface area contributed by atoms with Gasteiger partial charge in [0.1, 0.15) is 0 Å². The fourth-order valence-corrected chi connectivity index (χ4v) is 3.31. The van der Waals surface area contributed by atoms with E-state index in [0.717, 1.165) is 24.2 Å². The van der Waals surface area contributed by atoms with Crippen molar-refractivity contribution in [3.8, 4) is 11.5 Å². The largest absolute Gasteiger partial charge is 0.421 e. The van der Waals surface area contributed by atoms with Crippen LogP contribution in [-0.2, 0) is 11.2 Å². The average Bonchev–Trinajstić information content (AvgIpc) is 3.22. The van der Waals surface area contributed by atoms with Crippen LogP contribution in [0.1, 0.15) is 17.9 Å². The Kier molecular flexibility index (Phi) is 4.06. The Morgan fingerprint density at radius 3 is 2.52 bits per heavy atom. The number of nitrogens with zero attached hydrogens (tertiary/aromatic N) is 3. The van der Waals surface area contributed by atoms with Gasteiger partial charge in [0, 0.05) is 31.1 Å². The molecule has 0 unspecified atom stereocenters. The molecule has 1 amide bonds. The number of aryl methyl sites for hydroxylation is 1. The second kappa shape index (κ2) is 6.51. The summed E-state index contributed by atoms with van der Waals surface area (Å²) in [6.45, 7) is 2.55. The molecule has 0 spiro atoms. The maximum absolute atomic E-state index is 12.3. The average molecular weight is 333 g/mol. The van der Waals surface area contributed by atoms with E-state index in [1.165, 1.54) is 5.56 Å². The van der Waals surface area contributed by atoms with Gasteiger partial charge >= 0.3 is 0 Å². The Labute approximate surface area is 146 Å². The molecule has 5 nitrogen and oxygen atoms in total. The molecule has 0 saturated carbocycles. The highest BCUT2D eigenvalue weighted by Gasteiger charge is 2.30. The lowest BCUT2D eigenvalue weighted by atomic mass is 9.98. The predicted octanol–water partition coefficient (Wildman–Crippen LogP) is 3.64. The molecule has 1 atom stereocenters. The second-order valence-corrected chi connectivity index (χ2v) is 6.44. The zero-order chi connectivity index (χ0) is 17.2. The molecule has 1 aromatic heterocycles. The van der Waals surface area contributed by atoms with Crippen LogP contribution in [0.15, 0.2) is 59.0 Å². The van der Waals surface area contributed by atoms with Crippen molar-refractivity contribution >= 4 is 11.6 Å². The zero-order valence-electron chi connectivity index (χ0n) is 14.1. The highest BCUT2D eigenvalue weighted by molar-refractivity contribution is 5.95. The van der Waals surface area contributed by atoms with E-state index >= 15 is 0 Å². The minimum atomic E-state index is 0.203. The summed E-state index contributed by atoms with van der Waals surface area (Å²) in [5.41, 5.74) is 3.11. The van der Waals surface area contributed by atoms with E-state index < -0.39 is 0 Å². The first-order chi connectivity index (χ1) is 12.2. The number of anilines is 1. The molecule has 0 aliphatic carbocycles. The number of rotatable bonds is 4. The Bertz CT molecular complexity index is 871. The van der Waals surface area contributed by atoms with Gasteiger partial charge in [-0.3, -0.25) is 4.79 Å². The van der Waals surface area contributed by atoms with E-state index in [2.05, 4.69) is 22.3 Å². The maximum atomic E-state index is 12.3. The lowest BCUT2D eigenvalue weighted by Gasteiger charge is -2.16. The maximum Gasteiger partial charge on any atom is 0.247 e. The van der Waals surface area contributed by atoms with E-state index in [1.807, 2.05) is 47.4 Å². The van der Waals surface area contributed by atoms with Gasteiger partial charge in [-0.05, 0) is 42.2 Å². The van der Waals surface area contributed by atoms with Crippen LogP contribution in [0, 0.1) is 12.8 Å². The molecule has 1 aliphatic rings. The number of carbonyl (C=O) groups excluding carboxylic acids is 1. The summed E-state index contributed by atoms with van der Waals surface area (Å²) in [7, 11) is 0. The number of benzene rings is 2. The molecule has 0 N–H and O–H groups in total. The first kappa shape index (κ1) is 15.6. The number of carbonyl (C=O) groups is 1. The molecule has 0 radical (unpaired) electrons. The van der Waals surface area contributed by atoms with Crippen LogP contribution in [0.3, 0.4) is 0 Å². The fraction of sp³-hybridized carbons (Fsp3) is 0.250. The van der Waals surface area contributed by atoms with Gasteiger partial charge in [-0.1, -0.05) is 30.3 Å². The first-order valence-corrected chi connectivity index (χ1v) is 8.44. The van der Waals surface area contributed by atoms with Crippen LogP contribution in [0.4, 0.5) is 5.69 Å². The summed E-state index contributed by atoms with van der Waals surface area (Å²) in [5, 5.41) is 7.89. The molecular formula is C20H19N3O2. The third-order valence-corrected chi connectivity index (χ3v) is 4.52. The minimum Gasteiger partial charge on any atom is -0.421 e. The molecule has 25 heavy (non-hydrogen) atoms. The van der Waals surface area contributed by atoms with Crippen molar-refractivity contribution in [1.29, 1.82) is 0 Å². The number of para-hydroxylation sites is 1. The van der Waals surface area contributed by atoms with Crippen molar-refractivity contribution in [3.63, 3.8) is 0 Å². The SMILES string of the molecule is Cc1nnc(-c2ccc(C[C@H]3CC(=O)N(c4ccccc4)C3)cc2)o1. The van der Waals surface area contributed by atoms with Crippen LogP contribution in [0.25, 0.3) is 11.5 Å². The normalized spacial score (nSPS) is 17.2. The molecule has 2 heterocycles. The topological polar surface area (TPSA) is 59.2 Å². The zero-order valence-corrected chi connectivity index (χ0v) is 14.1. The van der Waals surface area contributed by atoms with Gasteiger partial charge < -0.3 is 9.32 Å². The first-order valence-electron chi connectivity index (χ1n) is 8.44. The molecule has 5 heteroatoms. The molecule has 1 fully saturated rings. The monoisotopic (exact) mass is 333 g/mol. The van der Waals surface area contributed by atoms with Crippen LogP contribution < -0.4 is 4.90 Å². The summed E-state index contributed by atoms with van der Waals surface area (Å²) in [6, 6.07) is 18.0. The Morgan fingerprint density at radius 2 is 1.84 bits per heavy atom. The molecule has 1 aliphatic heterocycles. The summed E-state index contributed by atoms with van der Waals surface area (Å²) in [6.07, 6.45) is 1.48. The highest BCUT2D eigenvalue weighted by atomic mass is 16.4. The van der Waals surface area contributed by atoms with Crippen LogP contribution in [-0.4, -0.2) is 22.6 Å². The second-order valence-electron chi connectivity index (χ2n) is 6.44. The van der Waals surface area contributed by atoms with Gasteiger partial charge in [0.15, 0.2) is 0 Å². The Morgan fingerprint density at radius 1 is 1.08 bits per heavy atom. The van der Waals surface area contributed by atoms with Crippen molar-refractivity contribution < 1.29 is 9.21 Å². The third kappa shape index (κ3) is 3.31. The van der Waals surface area contributed by atoms with Gasteiger partial charge in [-0.25, -0.2) is 0 Å². The van der Waals surface area contributed by atoms with Gasteiger partial charge in [0.25, 0.3) is 0 Å². The van der Waals surface area contributed by atoms with E-state index in [-0.39, 0.29) is 5.91 Å². The van der Waals surface area contributed by atoms with Crippen molar-refractivity contribution in [1.82, 2.24) is 10.2 Å². The molecule has 1 saturated heterocycles. The van der Waals surface area contributed by atoms with Gasteiger partial charge in [0.05, 0.1) is 0 Å². The molecule has 4 rings (SSSR count). The predicted molar refractivity (Wildman–Crippen MR) is 95.1 cm³/mol. The number of amides is 1. The molecular weight excluding hydrogens is 314 g/mol. The lowest BCUT2D eigenvalue weighted by molar-refractivity contribution is -0.117. The highest BCUT2D eigenvalue weighted by Crippen LogP contribution is 2.27. The smallest absolute Gasteiger partial charge is 0.247 e. The summed E-state index contributed by atoms with van der Waals surface area (Å²) >= 11 is 0. The van der Waals surface area contributed by atoms with Crippen molar-refractivity contribution in [3.05, 3.63) is 66.1 Å². The Hall–Kier alpha value is -2.95. The van der Waals surface area contributed by atoms with Crippen molar-refractivity contribution in [2.75, 3.05) is 11.4 Å². The fourth-order valence-electron chi connectivity index (χ4n) is 3.31. The summed E-state index contributed by atoms with van der Waals surface area (Å²) in [5.74, 6) is 1.64. The van der Waals surface area contributed by atoms with Gasteiger partial charge in [-0.2, -0.15) is 0 Å². The Balaban J connectivity index is 1.43. The van der Waals surface area contributed by atoms with Gasteiger partial charge in [0.2, 0.25) is 17.7 Å². The van der Waals surface area contributed by atoms with E-state index in [1.54, 1.807) is 6.92 Å². The lowest BCUT2D eigenvalue weighted by Crippen LogP contribution is -2.24. The minimum absolute atomic E-state index is 0.203. The van der Waals surface area contributed by atoms with Crippen LogP contribution in [0.5, 0.6) is 0 Å². The summed E-state index contributed by atoms with van der Waals surface area (Å²) in [4.78, 5) is 14.2. The molecule has 0 bridgehead atoms. The van der Waals surface area contributed by atoms with Crippen molar-refractivity contribution in [2.24, 2.45) is 5.92 Å². The van der Waals surface area contributed by atoms with Crippen LogP contribution >= 0.6 is 0 Å². The molecule has 3 aromatic rings. The third-order valence-electron chi connectivity index (χ3n) is 4.52. The van der Waals surface area contributed by atoms with E-state index in [4.69, 9.17) is 4.42 Å². The van der Waals surface area contributed by atoms with E-state index in [0.29, 0.717) is 24.1 Å². The number of hydrogen-bond donors (Lipinski definition) is 0. The quantitative estimate of drug-likeness (QED) is 0.731. The van der Waals surface area contributed by atoms with Crippen LogP contribution in [0.2, 0.25) is 0 Å².